The molecule has 4 nitrogen and oxygen atoms in total. The molecule has 0 N–H and O–H groups in total. The zero-order valence-electron chi connectivity index (χ0n) is 6.93. The molecule has 0 amide bonds. The SMILES string of the molecule is O=C([O-])C(C(=O)[O-])c1ccccc1.[Co+2]. The van der Waals surface area contributed by atoms with Crippen LogP contribution in [-0.2, 0) is 26.4 Å². The fraction of sp³-hybridized carbons (Fsp3) is 0.111. The molecule has 0 atom stereocenters. The number of aliphatic carboxylic acids is 2. The Labute approximate surface area is 90.8 Å². The predicted molar refractivity (Wildman–Crippen MR) is 39.2 cm³/mol. The Hall–Kier alpha value is -1.33. The topological polar surface area (TPSA) is 80.3 Å². The first-order valence-corrected chi connectivity index (χ1v) is 3.59. The maximum absolute atomic E-state index is 10.4. The summed E-state index contributed by atoms with van der Waals surface area (Å²) < 4.78 is 0. The fourth-order valence-electron chi connectivity index (χ4n) is 1.01. The van der Waals surface area contributed by atoms with Crippen molar-refractivity contribution in [3.63, 3.8) is 0 Å². The molecule has 1 aromatic rings. The van der Waals surface area contributed by atoms with E-state index in [0.29, 0.717) is 0 Å². The molecule has 0 fully saturated rings. The van der Waals surface area contributed by atoms with Gasteiger partial charge in [0.2, 0.25) is 0 Å². The molecule has 5 heteroatoms. The number of rotatable bonds is 3. The second kappa shape index (κ2) is 5.41. The molecule has 14 heavy (non-hydrogen) atoms. The van der Waals surface area contributed by atoms with Gasteiger partial charge in [0.25, 0.3) is 0 Å². The van der Waals surface area contributed by atoms with E-state index in [1.165, 1.54) is 12.1 Å². The van der Waals surface area contributed by atoms with Crippen LogP contribution in [0.4, 0.5) is 0 Å². The molecule has 0 aliphatic rings. The van der Waals surface area contributed by atoms with Crippen molar-refractivity contribution in [1.82, 2.24) is 0 Å². The maximum Gasteiger partial charge on any atom is 2.00 e. The van der Waals surface area contributed by atoms with Gasteiger partial charge in [0.05, 0.1) is 17.9 Å². The summed E-state index contributed by atoms with van der Waals surface area (Å²) in [5.74, 6) is -5.02. The monoisotopic (exact) mass is 237 g/mol. The van der Waals surface area contributed by atoms with Gasteiger partial charge in [0.1, 0.15) is 0 Å². The van der Waals surface area contributed by atoms with Crippen LogP contribution in [0.1, 0.15) is 11.5 Å². The first kappa shape index (κ1) is 12.7. The Bertz CT molecular complexity index is 309. The van der Waals surface area contributed by atoms with E-state index >= 15 is 0 Å². The molecule has 0 bridgehead atoms. The third-order valence-corrected chi connectivity index (χ3v) is 1.60. The molecule has 1 aromatic carbocycles. The van der Waals surface area contributed by atoms with Gasteiger partial charge in [-0.25, -0.2) is 0 Å². The standard InChI is InChI=1S/C9H8O4.Co/c10-8(11)7(9(12)13)6-4-2-1-3-5-6;/h1-5,7H,(H,10,11)(H,12,13);/q;+2/p-2. The second-order valence-electron chi connectivity index (χ2n) is 2.48. The Morgan fingerprint density at radius 2 is 1.43 bits per heavy atom. The van der Waals surface area contributed by atoms with Gasteiger partial charge < -0.3 is 19.8 Å². The summed E-state index contributed by atoms with van der Waals surface area (Å²) in [7, 11) is 0. The third kappa shape index (κ3) is 2.86. The summed E-state index contributed by atoms with van der Waals surface area (Å²) in [4.78, 5) is 20.8. The summed E-state index contributed by atoms with van der Waals surface area (Å²) >= 11 is 0. The van der Waals surface area contributed by atoms with Crippen LogP contribution in [0.2, 0.25) is 0 Å². The summed E-state index contributed by atoms with van der Waals surface area (Å²) in [6, 6.07) is 7.56. The number of hydrogen-bond acceptors (Lipinski definition) is 4. The maximum atomic E-state index is 10.4. The number of carbonyl (C=O) groups excluding carboxylic acids is 2. The van der Waals surface area contributed by atoms with Gasteiger partial charge in [0, 0.05) is 0 Å². The average Bonchev–Trinajstić information content (AvgIpc) is 2.04. The first-order chi connectivity index (χ1) is 6.13. The Morgan fingerprint density at radius 1 is 1.00 bits per heavy atom. The van der Waals surface area contributed by atoms with Crippen molar-refractivity contribution in [2.24, 2.45) is 0 Å². The van der Waals surface area contributed by atoms with Gasteiger partial charge in [-0.15, -0.1) is 0 Å². The Morgan fingerprint density at radius 3 is 1.79 bits per heavy atom. The van der Waals surface area contributed by atoms with E-state index in [1.807, 2.05) is 0 Å². The minimum atomic E-state index is -1.69. The van der Waals surface area contributed by atoms with E-state index in [0.717, 1.165) is 0 Å². The molecule has 0 saturated carbocycles. The summed E-state index contributed by atoms with van der Waals surface area (Å²) in [5, 5.41) is 20.8. The van der Waals surface area contributed by atoms with Gasteiger partial charge in [-0.2, -0.15) is 0 Å². The van der Waals surface area contributed by atoms with E-state index in [-0.39, 0.29) is 22.3 Å². The molecule has 0 heterocycles. The predicted octanol–water partition coefficient (Wildman–Crippen LogP) is -1.73. The van der Waals surface area contributed by atoms with Crippen LogP contribution in [0, 0.1) is 0 Å². The van der Waals surface area contributed by atoms with Crippen LogP contribution in [0.25, 0.3) is 0 Å². The molecule has 0 spiro atoms. The smallest absolute Gasteiger partial charge is 0.549 e. The van der Waals surface area contributed by atoms with Crippen molar-refractivity contribution in [2.75, 3.05) is 0 Å². The average molecular weight is 237 g/mol. The van der Waals surface area contributed by atoms with Gasteiger partial charge in [-0.05, 0) is 5.56 Å². The minimum Gasteiger partial charge on any atom is -0.549 e. The van der Waals surface area contributed by atoms with Crippen LogP contribution >= 0.6 is 0 Å². The van der Waals surface area contributed by atoms with E-state index in [4.69, 9.17) is 0 Å². The number of carboxylic acid groups (broad SMARTS) is 2. The van der Waals surface area contributed by atoms with Gasteiger partial charge in [-0.3, -0.25) is 0 Å². The molecule has 0 aliphatic carbocycles. The third-order valence-electron chi connectivity index (χ3n) is 1.60. The molecular weight excluding hydrogens is 231 g/mol. The normalized spacial score (nSPS) is 9.21. The van der Waals surface area contributed by atoms with Gasteiger partial charge >= 0.3 is 16.8 Å². The van der Waals surface area contributed by atoms with Crippen molar-refractivity contribution in [2.45, 2.75) is 5.92 Å². The number of hydrogen-bond donors (Lipinski definition) is 0. The van der Waals surface area contributed by atoms with Crippen LogP contribution < -0.4 is 10.2 Å². The van der Waals surface area contributed by atoms with Gasteiger partial charge in [0.15, 0.2) is 0 Å². The molecule has 0 aromatic heterocycles. The van der Waals surface area contributed by atoms with E-state index in [9.17, 15) is 19.8 Å². The Kier molecular flexibility index (Phi) is 4.89. The zero-order chi connectivity index (χ0) is 9.84. The largest absolute Gasteiger partial charge is 2.00 e. The van der Waals surface area contributed by atoms with Crippen LogP contribution in [0.3, 0.4) is 0 Å². The van der Waals surface area contributed by atoms with Crippen molar-refractivity contribution < 1.29 is 36.6 Å². The van der Waals surface area contributed by atoms with Crippen LogP contribution in [0.5, 0.6) is 0 Å². The van der Waals surface area contributed by atoms with E-state index < -0.39 is 17.9 Å². The second-order valence-corrected chi connectivity index (χ2v) is 2.48. The van der Waals surface area contributed by atoms with Crippen LogP contribution in [0.15, 0.2) is 30.3 Å². The Balaban J connectivity index is 0.00000169. The van der Waals surface area contributed by atoms with Crippen molar-refractivity contribution >= 4 is 11.9 Å². The molecule has 1 radical (unpaired) electrons. The summed E-state index contributed by atoms with van der Waals surface area (Å²) in [5.41, 5.74) is 0.155. The first-order valence-electron chi connectivity index (χ1n) is 3.59. The minimum absolute atomic E-state index is 0. The van der Waals surface area contributed by atoms with Crippen LogP contribution in [-0.4, -0.2) is 11.9 Å². The number of benzene rings is 1. The van der Waals surface area contributed by atoms with E-state index in [1.54, 1.807) is 18.2 Å². The van der Waals surface area contributed by atoms with Crippen molar-refractivity contribution in [3.8, 4) is 0 Å². The van der Waals surface area contributed by atoms with E-state index in [2.05, 4.69) is 0 Å². The van der Waals surface area contributed by atoms with Gasteiger partial charge in [-0.1, -0.05) is 30.3 Å². The van der Waals surface area contributed by atoms with Crippen molar-refractivity contribution in [3.05, 3.63) is 35.9 Å². The number of carbonyl (C=O) groups is 2. The molecule has 75 valence electrons. The molecule has 1 rings (SSSR count). The molecule has 0 unspecified atom stereocenters. The van der Waals surface area contributed by atoms with Crippen molar-refractivity contribution in [1.29, 1.82) is 0 Å². The summed E-state index contributed by atoms with van der Waals surface area (Å²) in [6.45, 7) is 0. The molecule has 0 aliphatic heterocycles. The summed E-state index contributed by atoms with van der Waals surface area (Å²) in [6.07, 6.45) is 0. The number of carboxylic acids is 2. The molecular formula is C9H6CoO4. The fourth-order valence-corrected chi connectivity index (χ4v) is 1.01. The molecule has 0 saturated heterocycles. The quantitative estimate of drug-likeness (QED) is 0.585. The zero-order valence-corrected chi connectivity index (χ0v) is 7.97.